The number of ether oxygens (including phenoxy) is 1. The number of hydrogen-bond acceptors (Lipinski definition) is 2. The first kappa shape index (κ1) is 14.4. The van der Waals surface area contributed by atoms with Gasteiger partial charge in [-0.2, -0.15) is 0 Å². The van der Waals surface area contributed by atoms with Crippen LogP contribution in [0, 0.1) is 5.82 Å². The van der Waals surface area contributed by atoms with Crippen LogP contribution in [0.5, 0.6) is 0 Å². The van der Waals surface area contributed by atoms with Gasteiger partial charge >= 0.3 is 0 Å². The molecule has 0 spiro atoms. The minimum absolute atomic E-state index is 0.0619. The van der Waals surface area contributed by atoms with E-state index in [1.165, 1.54) is 6.07 Å². The van der Waals surface area contributed by atoms with Crippen molar-refractivity contribution in [2.75, 3.05) is 13.7 Å². The molecule has 0 saturated heterocycles. The van der Waals surface area contributed by atoms with Crippen LogP contribution in [0.3, 0.4) is 0 Å². The average Bonchev–Trinajstić information content (AvgIpc) is 2.27. The topological polar surface area (TPSA) is 21.3 Å². The maximum absolute atomic E-state index is 13.6. The number of benzene rings is 1. The summed E-state index contributed by atoms with van der Waals surface area (Å²) in [6.07, 6.45) is 0.691. The highest BCUT2D eigenvalue weighted by atomic mass is 35.5. The van der Waals surface area contributed by atoms with Crippen LogP contribution in [-0.4, -0.2) is 25.8 Å². The van der Waals surface area contributed by atoms with Gasteiger partial charge in [-0.15, -0.1) is 0 Å². The van der Waals surface area contributed by atoms with E-state index in [9.17, 15) is 4.39 Å². The Morgan fingerprint density at radius 1 is 1.41 bits per heavy atom. The smallest absolute Gasteiger partial charge is 0.127 e. The van der Waals surface area contributed by atoms with Crippen LogP contribution in [-0.2, 0) is 11.2 Å². The summed E-state index contributed by atoms with van der Waals surface area (Å²) in [6, 6.07) is 4.81. The van der Waals surface area contributed by atoms with Crippen LogP contribution in [0.15, 0.2) is 18.2 Å². The highest BCUT2D eigenvalue weighted by molar-refractivity contribution is 6.31. The molecule has 0 bridgehead atoms. The molecule has 1 rings (SSSR count). The molecule has 17 heavy (non-hydrogen) atoms. The van der Waals surface area contributed by atoms with Crippen molar-refractivity contribution < 1.29 is 9.13 Å². The molecule has 1 unspecified atom stereocenters. The van der Waals surface area contributed by atoms with Gasteiger partial charge in [-0.1, -0.05) is 17.7 Å². The van der Waals surface area contributed by atoms with E-state index in [0.29, 0.717) is 23.6 Å². The Morgan fingerprint density at radius 2 is 2.12 bits per heavy atom. The molecule has 0 amide bonds. The van der Waals surface area contributed by atoms with Gasteiger partial charge in [0.25, 0.3) is 0 Å². The van der Waals surface area contributed by atoms with Crippen molar-refractivity contribution in [3.8, 4) is 0 Å². The molecule has 1 atom stereocenters. The molecule has 0 aromatic heterocycles. The number of halogens is 2. The highest BCUT2D eigenvalue weighted by Gasteiger charge is 2.14. The molecule has 0 aliphatic heterocycles. The maximum atomic E-state index is 13.6. The monoisotopic (exact) mass is 259 g/mol. The minimum atomic E-state index is -0.262. The fourth-order valence-electron chi connectivity index (χ4n) is 1.53. The molecule has 0 radical (unpaired) electrons. The molecule has 1 N–H and O–H groups in total. The zero-order valence-electron chi connectivity index (χ0n) is 10.5. The van der Waals surface area contributed by atoms with E-state index in [1.807, 2.05) is 20.9 Å². The van der Waals surface area contributed by atoms with Crippen molar-refractivity contribution in [3.05, 3.63) is 34.6 Å². The molecule has 0 fully saturated rings. The molecular formula is C13H19ClFNO. The van der Waals surface area contributed by atoms with E-state index >= 15 is 0 Å². The number of likely N-dealkylation sites (N-methyl/N-ethyl adjacent to an activating group) is 1. The summed E-state index contributed by atoms with van der Waals surface area (Å²) in [5.41, 5.74) is 0.542. The van der Waals surface area contributed by atoms with Gasteiger partial charge in [0.1, 0.15) is 5.82 Å². The van der Waals surface area contributed by atoms with Gasteiger partial charge in [0.2, 0.25) is 0 Å². The van der Waals surface area contributed by atoms with Crippen molar-refractivity contribution in [1.82, 2.24) is 5.32 Å². The van der Waals surface area contributed by atoms with Crippen molar-refractivity contribution in [2.24, 2.45) is 0 Å². The predicted molar refractivity (Wildman–Crippen MR) is 69.0 cm³/mol. The van der Waals surface area contributed by atoms with Crippen molar-refractivity contribution >= 4 is 11.6 Å². The van der Waals surface area contributed by atoms with Crippen molar-refractivity contribution in [3.63, 3.8) is 0 Å². The van der Waals surface area contributed by atoms with E-state index in [1.54, 1.807) is 12.1 Å². The molecular weight excluding hydrogens is 241 g/mol. The third kappa shape index (κ3) is 4.62. The molecule has 96 valence electrons. The second-order valence-corrected chi connectivity index (χ2v) is 4.68. The van der Waals surface area contributed by atoms with Crippen LogP contribution in [0.2, 0.25) is 5.02 Å². The fourth-order valence-corrected chi connectivity index (χ4v) is 1.77. The summed E-state index contributed by atoms with van der Waals surface area (Å²) in [5, 5.41) is 3.58. The Labute approximate surface area is 107 Å². The van der Waals surface area contributed by atoms with E-state index < -0.39 is 0 Å². The van der Waals surface area contributed by atoms with Gasteiger partial charge in [-0.25, -0.2) is 4.39 Å². The standard InChI is InChI=1S/C13H19ClFNO/c1-9(2)17-8-10(16-3)7-11-12(14)5-4-6-13(11)15/h4-6,9-10,16H,7-8H2,1-3H3. The van der Waals surface area contributed by atoms with Crippen LogP contribution < -0.4 is 5.32 Å². The lowest BCUT2D eigenvalue weighted by Gasteiger charge is -2.19. The van der Waals surface area contributed by atoms with E-state index in [2.05, 4.69) is 5.32 Å². The molecule has 0 aliphatic carbocycles. The third-order valence-corrected chi connectivity index (χ3v) is 2.91. The lowest BCUT2D eigenvalue weighted by Crippen LogP contribution is -2.34. The summed E-state index contributed by atoms with van der Waals surface area (Å²) >= 11 is 5.98. The molecule has 0 heterocycles. The highest BCUT2D eigenvalue weighted by Crippen LogP contribution is 2.20. The van der Waals surface area contributed by atoms with Crippen molar-refractivity contribution in [1.29, 1.82) is 0 Å². The van der Waals surface area contributed by atoms with Gasteiger partial charge < -0.3 is 10.1 Å². The lowest BCUT2D eigenvalue weighted by atomic mass is 10.1. The zero-order chi connectivity index (χ0) is 12.8. The Hall–Kier alpha value is -0.640. The molecule has 0 saturated carbocycles. The fraction of sp³-hybridized carbons (Fsp3) is 0.538. The Balaban J connectivity index is 2.67. The quantitative estimate of drug-likeness (QED) is 0.848. The number of hydrogen-bond donors (Lipinski definition) is 1. The minimum Gasteiger partial charge on any atom is -0.377 e. The van der Waals surface area contributed by atoms with Crippen LogP contribution in [0.4, 0.5) is 4.39 Å². The van der Waals surface area contributed by atoms with Gasteiger partial charge in [0.05, 0.1) is 12.7 Å². The van der Waals surface area contributed by atoms with Crippen LogP contribution >= 0.6 is 11.6 Å². The average molecular weight is 260 g/mol. The third-order valence-electron chi connectivity index (χ3n) is 2.55. The molecule has 2 nitrogen and oxygen atoms in total. The first-order chi connectivity index (χ1) is 8.04. The SMILES string of the molecule is CNC(COC(C)C)Cc1c(F)cccc1Cl. The molecule has 4 heteroatoms. The maximum Gasteiger partial charge on any atom is 0.127 e. The molecule has 0 aliphatic rings. The second-order valence-electron chi connectivity index (χ2n) is 4.27. The van der Waals surface area contributed by atoms with Gasteiger partial charge in [0, 0.05) is 16.6 Å². The summed E-state index contributed by atoms with van der Waals surface area (Å²) in [7, 11) is 1.84. The van der Waals surface area contributed by atoms with Gasteiger partial charge in [-0.05, 0) is 39.4 Å². The number of rotatable bonds is 6. The van der Waals surface area contributed by atoms with Crippen LogP contribution in [0.25, 0.3) is 0 Å². The van der Waals surface area contributed by atoms with E-state index in [0.717, 1.165) is 0 Å². The largest absolute Gasteiger partial charge is 0.377 e. The molecule has 1 aromatic rings. The Kier molecular flexibility index (Phi) is 5.89. The van der Waals surface area contributed by atoms with Crippen LogP contribution in [0.1, 0.15) is 19.4 Å². The summed E-state index contributed by atoms with van der Waals surface area (Å²) in [4.78, 5) is 0. The van der Waals surface area contributed by atoms with Gasteiger partial charge in [-0.3, -0.25) is 0 Å². The summed E-state index contributed by atoms with van der Waals surface area (Å²) in [5.74, 6) is -0.262. The predicted octanol–water partition coefficient (Wildman–Crippen LogP) is 3.03. The zero-order valence-corrected chi connectivity index (χ0v) is 11.2. The first-order valence-corrected chi connectivity index (χ1v) is 6.14. The summed E-state index contributed by atoms with van der Waals surface area (Å²) in [6.45, 7) is 4.49. The van der Waals surface area contributed by atoms with E-state index in [-0.39, 0.29) is 18.0 Å². The Morgan fingerprint density at radius 3 is 2.65 bits per heavy atom. The van der Waals surface area contributed by atoms with Gasteiger partial charge in [0.15, 0.2) is 0 Å². The van der Waals surface area contributed by atoms with E-state index in [4.69, 9.17) is 16.3 Å². The first-order valence-electron chi connectivity index (χ1n) is 5.76. The van der Waals surface area contributed by atoms with Crippen molar-refractivity contribution in [2.45, 2.75) is 32.4 Å². The number of nitrogens with one attached hydrogen (secondary N) is 1. The normalized spacial score (nSPS) is 13.1. The Bertz CT molecular complexity index is 337. The second kappa shape index (κ2) is 6.94. The summed E-state index contributed by atoms with van der Waals surface area (Å²) < 4.78 is 19.1. The lowest BCUT2D eigenvalue weighted by molar-refractivity contribution is 0.0626. The molecule has 1 aromatic carbocycles.